The van der Waals surface area contributed by atoms with Crippen molar-refractivity contribution in [2.75, 3.05) is 20.6 Å². The monoisotopic (exact) mass is 353 g/mol. The van der Waals surface area contributed by atoms with Gasteiger partial charge in [-0.05, 0) is 17.0 Å². The average molecular weight is 353 g/mol. The fraction of sp³-hybridized carbons (Fsp3) is 0.267. The lowest BCUT2D eigenvalue weighted by molar-refractivity contribution is 0.0952. The Morgan fingerprint density at radius 3 is 2.52 bits per heavy atom. The third kappa shape index (κ3) is 3.97. The third-order valence-corrected chi connectivity index (χ3v) is 6.20. The lowest BCUT2D eigenvalue weighted by atomic mass is 10.1. The Bertz CT molecular complexity index is 770. The van der Waals surface area contributed by atoms with Gasteiger partial charge in [0.1, 0.15) is 9.77 Å². The van der Waals surface area contributed by atoms with Crippen molar-refractivity contribution < 1.29 is 13.2 Å². The van der Waals surface area contributed by atoms with Crippen LogP contribution in [0.15, 0.2) is 46.7 Å². The maximum absolute atomic E-state index is 12.3. The minimum Gasteiger partial charge on any atom is -0.349 e. The smallest absolute Gasteiger partial charge is 0.262 e. The number of amides is 1. The van der Waals surface area contributed by atoms with E-state index >= 15 is 0 Å². The van der Waals surface area contributed by atoms with Gasteiger partial charge in [-0.3, -0.25) is 4.79 Å². The average Bonchev–Trinajstić information content (AvgIpc) is 3.03. The molecule has 2 rings (SSSR count). The molecule has 1 atom stereocenters. The van der Waals surface area contributed by atoms with Crippen LogP contribution >= 0.6 is 11.3 Å². The molecule has 1 aromatic heterocycles. The molecule has 0 saturated heterocycles. The molecular weight excluding hydrogens is 334 g/mol. The summed E-state index contributed by atoms with van der Waals surface area (Å²) in [7, 11) is -0.787. The van der Waals surface area contributed by atoms with Crippen molar-refractivity contribution in [3.05, 3.63) is 52.2 Å². The van der Waals surface area contributed by atoms with Gasteiger partial charge in [0, 0.05) is 26.7 Å². The van der Waals surface area contributed by atoms with Gasteiger partial charge in [-0.15, -0.1) is 11.3 Å². The van der Waals surface area contributed by atoms with Crippen LogP contribution in [0.1, 0.15) is 21.3 Å². The van der Waals surface area contributed by atoms with E-state index in [0.717, 1.165) is 21.2 Å². The van der Waals surface area contributed by atoms with Gasteiger partial charge in [0.05, 0.1) is 0 Å². The predicted molar refractivity (Wildman–Crippen MR) is 90.9 cm³/mol. The summed E-state index contributed by atoms with van der Waals surface area (Å²) < 4.78 is 25.5. The Kier molecular flexibility index (Phi) is 5.53. The van der Waals surface area contributed by atoms with E-state index in [2.05, 4.69) is 5.32 Å². The van der Waals surface area contributed by atoms with Gasteiger partial charge in [-0.25, -0.2) is 12.7 Å². The highest BCUT2D eigenvalue weighted by molar-refractivity contribution is 7.89. The van der Waals surface area contributed by atoms with Crippen molar-refractivity contribution in [1.82, 2.24) is 9.62 Å². The molecule has 6 nitrogen and oxygen atoms in total. The highest BCUT2D eigenvalue weighted by atomic mass is 32.2. The second-order valence-corrected chi connectivity index (χ2v) is 8.16. The van der Waals surface area contributed by atoms with Crippen LogP contribution in [-0.2, 0) is 10.0 Å². The van der Waals surface area contributed by atoms with Crippen LogP contribution in [-0.4, -0.2) is 39.3 Å². The minimum absolute atomic E-state index is 0.0123. The zero-order valence-electron chi connectivity index (χ0n) is 12.9. The first-order chi connectivity index (χ1) is 10.8. The van der Waals surface area contributed by atoms with Crippen molar-refractivity contribution >= 4 is 27.3 Å². The Morgan fingerprint density at radius 2 is 1.91 bits per heavy atom. The molecule has 124 valence electrons. The van der Waals surface area contributed by atoms with Gasteiger partial charge in [0.25, 0.3) is 5.91 Å². The minimum atomic E-state index is -3.65. The molecule has 1 heterocycles. The van der Waals surface area contributed by atoms with Crippen LogP contribution < -0.4 is 11.1 Å². The number of thiophene rings is 1. The predicted octanol–water partition coefficient (Wildman–Crippen LogP) is 1.43. The number of hydrogen-bond donors (Lipinski definition) is 2. The molecule has 3 N–H and O–H groups in total. The molecule has 2 aromatic rings. The molecule has 0 aliphatic carbocycles. The quantitative estimate of drug-likeness (QED) is 0.822. The topological polar surface area (TPSA) is 92.5 Å². The summed E-state index contributed by atoms with van der Waals surface area (Å²) >= 11 is 1.09. The molecule has 0 radical (unpaired) electrons. The molecule has 8 heteroatoms. The molecule has 1 amide bonds. The van der Waals surface area contributed by atoms with Crippen molar-refractivity contribution in [2.45, 2.75) is 10.9 Å². The van der Waals surface area contributed by atoms with Gasteiger partial charge < -0.3 is 11.1 Å². The lowest BCUT2D eigenvalue weighted by Crippen LogP contribution is -2.32. The highest BCUT2D eigenvalue weighted by Crippen LogP contribution is 2.24. The molecule has 0 aliphatic heterocycles. The zero-order chi connectivity index (χ0) is 17.0. The maximum Gasteiger partial charge on any atom is 0.262 e. The SMILES string of the molecule is CN(C)S(=O)(=O)c1ccsc1C(=O)NCC(N)c1ccccc1. The normalized spacial score (nSPS) is 13.0. The summed E-state index contributed by atoms with van der Waals surface area (Å²) in [6.07, 6.45) is 0. The van der Waals surface area contributed by atoms with Crippen molar-refractivity contribution in [3.63, 3.8) is 0 Å². The number of benzene rings is 1. The van der Waals surface area contributed by atoms with Crippen molar-refractivity contribution in [3.8, 4) is 0 Å². The molecule has 0 spiro atoms. The van der Waals surface area contributed by atoms with E-state index < -0.39 is 15.9 Å². The molecular formula is C15H19N3O3S2. The van der Waals surface area contributed by atoms with Gasteiger partial charge >= 0.3 is 0 Å². The largest absolute Gasteiger partial charge is 0.349 e. The first-order valence-electron chi connectivity index (χ1n) is 6.92. The number of sulfonamides is 1. The maximum atomic E-state index is 12.3. The van der Waals surface area contributed by atoms with Crippen LogP contribution in [0.2, 0.25) is 0 Å². The number of carbonyl (C=O) groups is 1. The lowest BCUT2D eigenvalue weighted by Gasteiger charge is -2.14. The zero-order valence-corrected chi connectivity index (χ0v) is 14.5. The Morgan fingerprint density at radius 1 is 1.26 bits per heavy atom. The summed E-state index contributed by atoms with van der Waals surface area (Å²) in [5.74, 6) is -0.438. The highest BCUT2D eigenvalue weighted by Gasteiger charge is 2.26. The van der Waals surface area contributed by atoms with Crippen molar-refractivity contribution in [2.24, 2.45) is 5.73 Å². The number of carbonyl (C=O) groups excluding carboxylic acids is 1. The Balaban J connectivity index is 2.10. The molecule has 1 aromatic carbocycles. The number of hydrogen-bond acceptors (Lipinski definition) is 5. The number of nitrogens with zero attached hydrogens (tertiary/aromatic N) is 1. The number of nitrogens with one attached hydrogen (secondary N) is 1. The summed E-state index contributed by atoms with van der Waals surface area (Å²) in [5.41, 5.74) is 6.93. The summed E-state index contributed by atoms with van der Waals surface area (Å²) in [6.45, 7) is 0.224. The number of rotatable bonds is 6. The molecule has 0 saturated carbocycles. The van der Waals surface area contributed by atoms with E-state index in [1.807, 2.05) is 30.3 Å². The molecule has 23 heavy (non-hydrogen) atoms. The van der Waals surface area contributed by atoms with Gasteiger partial charge in [-0.1, -0.05) is 30.3 Å². The molecule has 1 unspecified atom stereocenters. The van der Waals surface area contributed by atoms with Crippen LogP contribution in [0.5, 0.6) is 0 Å². The third-order valence-electron chi connectivity index (χ3n) is 3.30. The first-order valence-corrected chi connectivity index (χ1v) is 9.24. The van der Waals surface area contributed by atoms with E-state index in [9.17, 15) is 13.2 Å². The van der Waals surface area contributed by atoms with E-state index in [4.69, 9.17) is 5.73 Å². The van der Waals surface area contributed by atoms with E-state index in [1.54, 1.807) is 5.38 Å². The summed E-state index contributed by atoms with van der Waals surface area (Å²) in [4.78, 5) is 12.5. The Labute approximate surface area is 140 Å². The summed E-state index contributed by atoms with van der Waals surface area (Å²) in [5, 5.41) is 4.28. The Hall–Kier alpha value is -1.74. The number of nitrogens with two attached hydrogens (primary N) is 1. The van der Waals surface area contributed by atoms with Crippen molar-refractivity contribution in [1.29, 1.82) is 0 Å². The van der Waals surface area contributed by atoms with Crippen LogP contribution in [0.25, 0.3) is 0 Å². The second kappa shape index (κ2) is 7.22. The molecule has 0 bridgehead atoms. The van der Waals surface area contributed by atoms with Gasteiger partial charge in [0.2, 0.25) is 10.0 Å². The molecule has 0 fully saturated rings. The van der Waals surface area contributed by atoms with Gasteiger partial charge in [-0.2, -0.15) is 0 Å². The van der Waals surface area contributed by atoms with E-state index in [1.165, 1.54) is 20.2 Å². The van der Waals surface area contributed by atoms with Crippen LogP contribution in [0, 0.1) is 0 Å². The summed E-state index contributed by atoms with van der Waals surface area (Å²) in [6, 6.07) is 10.5. The van der Waals surface area contributed by atoms with Crippen LogP contribution in [0.4, 0.5) is 0 Å². The van der Waals surface area contributed by atoms with E-state index in [-0.39, 0.29) is 22.4 Å². The van der Waals surface area contributed by atoms with E-state index in [0.29, 0.717) is 0 Å². The second-order valence-electron chi connectivity index (χ2n) is 5.13. The van der Waals surface area contributed by atoms with Gasteiger partial charge in [0.15, 0.2) is 0 Å². The first kappa shape index (κ1) is 17.6. The van der Waals surface area contributed by atoms with Crippen LogP contribution in [0.3, 0.4) is 0 Å². The standard InChI is InChI=1S/C15H19N3O3S2/c1-18(2)23(20,21)13-8-9-22-14(13)15(19)17-10-12(16)11-6-4-3-5-7-11/h3-9,12H,10,16H2,1-2H3,(H,17,19). The fourth-order valence-corrected chi connectivity index (χ4v) is 4.17. The molecule has 0 aliphatic rings. The fourth-order valence-electron chi connectivity index (χ4n) is 1.96.